The Balaban J connectivity index is 2.00. The summed E-state index contributed by atoms with van der Waals surface area (Å²) in [6.07, 6.45) is 1.65. The largest absolute Gasteiger partial charge is 0.493 e. The zero-order chi connectivity index (χ0) is 22.8. The van der Waals surface area contributed by atoms with Gasteiger partial charge in [-0.3, -0.25) is 9.59 Å². The lowest BCUT2D eigenvalue weighted by atomic mass is 10.1. The number of hydrogen-bond donors (Lipinski definition) is 1. The van der Waals surface area contributed by atoms with Crippen molar-refractivity contribution in [2.45, 2.75) is 45.7 Å². The second-order valence-corrected chi connectivity index (χ2v) is 7.30. The van der Waals surface area contributed by atoms with Crippen molar-refractivity contribution in [3.05, 3.63) is 59.4 Å². The van der Waals surface area contributed by atoms with Crippen LogP contribution in [0.2, 0.25) is 0 Å². The summed E-state index contributed by atoms with van der Waals surface area (Å²) in [6, 6.07) is 10.9. The van der Waals surface area contributed by atoms with E-state index in [0.717, 1.165) is 11.1 Å². The van der Waals surface area contributed by atoms with Crippen LogP contribution in [0, 0.1) is 5.82 Å². The average Bonchev–Trinajstić information content (AvgIpc) is 2.78. The van der Waals surface area contributed by atoms with E-state index in [4.69, 9.17) is 9.47 Å². The van der Waals surface area contributed by atoms with E-state index in [1.807, 2.05) is 25.1 Å². The fourth-order valence-corrected chi connectivity index (χ4v) is 3.24. The predicted molar refractivity (Wildman–Crippen MR) is 118 cm³/mol. The number of benzene rings is 2. The molecule has 0 saturated carbocycles. The first-order valence-electron chi connectivity index (χ1n) is 10.4. The molecular weight excluding hydrogens is 399 g/mol. The van der Waals surface area contributed by atoms with Crippen LogP contribution in [-0.2, 0) is 22.6 Å². The molecule has 0 aromatic heterocycles. The lowest BCUT2D eigenvalue weighted by Gasteiger charge is -2.28. The van der Waals surface area contributed by atoms with Crippen molar-refractivity contribution in [3.63, 3.8) is 0 Å². The second kappa shape index (κ2) is 11.9. The molecule has 6 nitrogen and oxygen atoms in total. The van der Waals surface area contributed by atoms with Crippen LogP contribution in [-0.4, -0.2) is 43.5 Å². The molecule has 0 bridgehead atoms. The highest BCUT2D eigenvalue weighted by Gasteiger charge is 2.25. The normalized spacial score (nSPS) is 11.5. The SMILES string of the molecule is CCCC(=O)N(Cc1ccc(F)cc1)C(C)C(=O)NCCc1ccc(OC)c(OC)c1. The van der Waals surface area contributed by atoms with E-state index in [9.17, 15) is 14.0 Å². The highest BCUT2D eigenvalue weighted by Crippen LogP contribution is 2.27. The number of amides is 2. The van der Waals surface area contributed by atoms with Crippen LogP contribution in [0.5, 0.6) is 11.5 Å². The molecule has 2 amide bonds. The number of rotatable bonds is 11. The van der Waals surface area contributed by atoms with Crippen LogP contribution >= 0.6 is 0 Å². The van der Waals surface area contributed by atoms with Gasteiger partial charge in [-0.15, -0.1) is 0 Å². The maximum atomic E-state index is 13.2. The Hall–Kier alpha value is -3.09. The van der Waals surface area contributed by atoms with Crippen molar-refractivity contribution in [3.8, 4) is 11.5 Å². The molecule has 0 aliphatic carbocycles. The molecule has 0 radical (unpaired) electrons. The van der Waals surface area contributed by atoms with Gasteiger partial charge in [-0.2, -0.15) is 0 Å². The molecule has 0 spiro atoms. The van der Waals surface area contributed by atoms with E-state index in [1.165, 1.54) is 12.1 Å². The Labute approximate surface area is 183 Å². The van der Waals surface area contributed by atoms with Crippen molar-refractivity contribution in [1.29, 1.82) is 0 Å². The number of ether oxygens (including phenoxy) is 2. The summed E-state index contributed by atoms with van der Waals surface area (Å²) in [4.78, 5) is 26.9. The quantitative estimate of drug-likeness (QED) is 0.590. The van der Waals surface area contributed by atoms with Crippen molar-refractivity contribution in [1.82, 2.24) is 10.2 Å². The van der Waals surface area contributed by atoms with Gasteiger partial charge >= 0.3 is 0 Å². The zero-order valence-corrected chi connectivity index (χ0v) is 18.6. The lowest BCUT2D eigenvalue weighted by Crippen LogP contribution is -2.47. The van der Waals surface area contributed by atoms with Crippen LogP contribution in [0.15, 0.2) is 42.5 Å². The lowest BCUT2D eigenvalue weighted by molar-refractivity contribution is -0.140. The molecule has 7 heteroatoms. The summed E-state index contributed by atoms with van der Waals surface area (Å²) in [5.41, 5.74) is 1.77. The van der Waals surface area contributed by atoms with Crippen LogP contribution in [0.25, 0.3) is 0 Å². The van der Waals surface area contributed by atoms with Gasteiger partial charge in [0, 0.05) is 19.5 Å². The van der Waals surface area contributed by atoms with Gasteiger partial charge in [0.1, 0.15) is 11.9 Å². The standard InChI is InChI=1S/C24H31FN2O4/c1-5-6-23(28)27(16-19-7-10-20(25)11-8-19)17(2)24(29)26-14-13-18-9-12-21(30-3)22(15-18)31-4/h7-12,15,17H,5-6,13-14,16H2,1-4H3,(H,26,29). The number of hydrogen-bond acceptors (Lipinski definition) is 4. The van der Waals surface area contributed by atoms with Gasteiger partial charge < -0.3 is 19.7 Å². The van der Waals surface area contributed by atoms with E-state index < -0.39 is 6.04 Å². The van der Waals surface area contributed by atoms with Crippen LogP contribution in [0.4, 0.5) is 4.39 Å². The number of halogens is 1. The summed E-state index contributed by atoms with van der Waals surface area (Å²) in [6.45, 7) is 4.30. The Bertz CT molecular complexity index is 870. The van der Waals surface area contributed by atoms with Crippen LogP contribution in [0.3, 0.4) is 0 Å². The molecule has 0 saturated heterocycles. The highest BCUT2D eigenvalue weighted by molar-refractivity contribution is 5.87. The Morgan fingerprint density at radius 1 is 1.03 bits per heavy atom. The minimum Gasteiger partial charge on any atom is -0.493 e. The van der Waals surface area contributed by atoms with Gasteiger partial charge in [-0.25, -0.2) is 4.39 Å². The fraction of sp³-hybridized carbons (Fsp3) is 0.417. The van der Waals surface area contributed by atoms with Gasteiger partial charge in [0.25, 0.3) is 0 Å². The zero-order valence-electron chi connectivity index (χ0n) is 18.6. The molecule has 2 rings (SSSR count). The molecule has 0 aliphatic heterocycles. The molecule has 1 N–H and O–H groups in total. The Morgan fingerprint density at radius 3 is 2.29 bits per heavy atom. The summed E-state index contributed by atoms with van der Waals surface area (Å²) in [5.74, 6) is 0.614. The number of nitrogens with zero attached hydrogens (tertiary/aromatic N) is 1. The summed E-state index contributed by atoms with van der Waals surface area (Å²) >= 11 is 0. The first kappa shape index (κ1) is 24.2. The third-order valence-electron chi connectivity index (χ3n) is 5.06. The highest BCUT2D eigenvalue weighted by atomic mass is 19.1. The predicted octanol–water partition coefficient (Wildman–Crippen LogP) is 3.72. The third-order valence-corrected chi connectivity index (χ3v) is 5.06. The number of carbonyl (C=O) groups is 2. The molecule has 0 heterocycles. The van der Waals surface area contributed by atoms with Crippen LogP contribution < -0.4 is 14.8 Å². The van der Waals surface area contributed by atoms with Crippen molar-refractivity contribution >= 4 is 11.8 Å². The van der Waals surface area contributed by atoms with E-state index in [2.05, 4.69) is 5.32 Å². The summed E-state index contributed by atoms with van der Waals surface area (Å²) in [7, 11) is 3.16. The minimum atomic E-state index is -0.644. The molecule has 1 atom stereocenters. The Kier molecular flexibility index (Phi) is 9.31. The van der Waals surface area contributed by atoms with Crippen LogP contribution in [0.1, 0.15) is 37.8 Å². The molecule has 0 fully saturated rings. The van der Waals surface area contributed by atoms with E-state index >= 15 is 0 Å². The van der Waals surface area contributed by atoms with Gasteiger partial charge in [-0.05, 0) is 55.2 Å². The van der Waals surface area contributed by atoms with Crippen molar-refractivity contribution < 1.29 is 23.5 Å². The van der Waals surface area contributed by atoms with E-state index in [-0.39, 0.29) is 24.2 Å². The molecular formula is C24H31FN2O4. The van der Waals surface area contributed by atoms with Gasteiger partial charge in [0.15, 0.2) is 11.5 Å². The van der Waals surface area contributed by atoms with Crippen molar-refractivity contribution in [2.24, 2.45) is 0 Å². The van der Waals surface area contributed by atoms with Gasteiger partial charge in [0.2, 0.25) is 11.8 Å². The minimum absolute atomic E-state index is 0.102. The topological polar surface area (TPSA) is 67.9 Å². The second-order valence-electron chi connectivity index (χ2n) is 7.30. The Morgan fingerprint density at radius 2 is 1.68 bits per heavy atom. The van der Waals surface area contributed by atoms with E-state index in [0.29, 0.717) is 37.3 Å². The fourth-order valence-electron chi connectivity index (χ4n) is 3.24. The maximum absolute atomic E-state index is 13.2. The monoisotopic (exact) mass is 430 g/mol. The average molecular weight is 431 g/mol. The maximum Gasteiger partial charge on any atom is 0.242 e. The smallest absolute Gasteiger partial charge is 0.242 e. The molecule has 168 valence electrons. The summed E-state index contributed by atoms with van der Waals surface area (Å²) in [5, 5.41) is 2.90. The molecule has 2 aromatic carbocycles. The number of methoxy groups -OCH3 is 2. The summed E-state index contributed by atoms with van der Waals surface area (Å²) < 4.78 is 23.7. The van der Waals surface area contributed by atoms with Crippen molar-refractivity contribution in [2.75, 3.05) is 20.8 Å². The molecule has 2 aromatic rings. The molecule has 31 heavy (non-hydrogen) atoms. The van der Waals surface area contributed by atoms with Gasteiger partial charge in [0.05, 0.1) is 14.2 Å². The number of nitrogens with one attached hydrogen (secondary N) is 1. The third kappa shape index (κ3) is 6.98. The van der Waals surface area contributed by atoms with E-state index in [1.54, 1.807) is 38.2 Å². The first-order chi connectivity index (χ1) is 14.9. The number of carbonyl (C=O) groups excluding carboxylic acids is 2. The van der Waals surface area contributed by atoms with Gasteiger partial charge in [-0.1, -0.05) is 25.1 Å². The first-order valence-corrected chi connectivity index (χ1v) is 10.4. The molecule has 0 aliphatic rings. The molecule has 1 unspecified atom stereocenters.